The number of rotatable bonds is 6. The Morgan fingerprint density at radius 3 is 2.70 bits per heavy atom. The Bertz CT molecular complexity index is 389. The molecular formula is C16H26N2O2. The van der Waals surface area contributed by atoms with Crippen LogP contribution >= 0.6 is 0 Å². The second-order valence-electron chi connectivity index (χ2n) is 6.16. The summed E-state index contributed by atoms with van der Waals surface area (Å²) < 4.78 is 5.42. The van der Waals surface area contributed by atoms with Gasteiger partial charge < -0.3 is 15.2 Å². The van der Waals surface area contributed by atoms with Crippen LogP contribution in [0.25, 0.3) is 0 Å². The highest BCUT2D eigenvalue weighted by Crippen LogP contribution is 2.31. The first-order chi connectivity index (χ1) is 9.67. The first-order valence-electron chi connectivity index (χ1n) is 7.49. The second-order valence-corrected chi connectivity index (χ2v) is 6.16. The highest BCUT2D eigenvalue weighted by atomic mass is 16.5. The molecule has 0 aromatic carbocycles. The molecule has 4 nitrogen and oxygen atoms in total. The minimum atomic E-state index is -0.0341. The summed E-state index contributed by atoms with van der Waals surface area (Å²) in [6.45, 7) is 6.97. The van der Waals surface area contributed by atoms with Crippen LogP contribution in [0.2, 0.25) is 0 Å². The summed E-state index contributed by atoms with van der Waals surface area (Å²) in [5, 5.41) is 13.4. The average Bonchev–Trinajstić information content (AvgIpc) is 2.49. The highest BCUT2D eigenvalue weighted by molar-refractivity contribution is 5.14. The van der Waals surface area contributed by atoms with Crippen molar-refractivity contribution in [3.8, 4) is 0 Å². The lowest BCUT2D eigenvalue weighted by molar-refractivity contribution is -0.0172. The maximum Gasteiger partial charge on any atom is 0.0501 e. The zero-order valence-electron chi connectivity index (χ0n) is 12.5. The van der Waals surface area contributed by atoms with Gasteiger partial charge in [0.05, 0.1) is 6.61 Å². The topological polar surface area (TPSA) is 54.4 Å². The number of aliphatic hydroxyl groups excluding tert-OH is 1. The first kappa shape index (κ1) is 15.4. The number of nitrogens with one attached hydrogen (secondary N) is 1. The maximum atomic E-state index is 9.76. The Kier molecular flexibility index (Phi) is 5.52. The van der Waals surface area contributed by atoms with E-state index >= 15 is 0 Å². The highest BCUT2D eigenvalue weighted by Gasteiger charge is 2.32. The standard InChI is InChI=1S/C16H26N2O2/c1-13(2)15(14-4-3-7-17-10-14)18-11-16(12-19)5-8-20-9-6-16/h3-4,7,10,13,15,18-19H,5-6,8-9,11-12H2,1-2H3. The van der Waals surface area contributed by atoms with Gasteiger partial charge in [0.15, 0.2) is 0 Å². The zero-order chi connectivity index (χ0) is 14.4. The van der Waals surface area contributed by atoms with Gasteiger partial charge in [-0.2, -0.15) is 0 Å². The third kappa shape index (κ3) is 3.78. The van der Waals surface area contributed by atoms with Crippen molar-refractivity contribution in [2.24, 2.45) is 11.3 Å². The van der Waals surface area contributed by atoms with Gasteiger partial charge in [-0.3, -0.25) is 4.98 Å². The lowest BCUT2D eigenvalue weighted by atomic mass is 9.80. The second kappa shape index (κ2) is 7.16. The quantitative estimate of drug-likeness (QED) is 0.837. The fourth-order valence-corrected chi connectivity index (χ4v) is 2.82. The van der Waals surface area contributed by atoms with Gasteiger partial charge in [-0.1, -0.05) is 19.9 Å². The molecule has 112 valence electrons. The van der Waals surface area contributed by atoms with Crippen LogP contribution in [0.3, 0.4) is 0 Å². The van der Waals surface area contributed by atoms with Crippen LogP contribution in [0.4, 0.5) is 0 Å². The molecule has 20 heavy (non-hydrogen) atoms. The molecule has 0 aliphatic carbocycles. The molecule has 0 saturated carbocycles. The molecule has 0 amide bonds. The summed E-state index contributed by atoms with van der Waals surface area (Å²) in [5.74, 6) is 0.481. The van der Waals surface area contributed by atoms with E-state index < -0.39 is 0 Å². The van der Waals surface area contributed by atoms with E-state index in [2.05, 4.69) is 30.2 Å². The molecule has 2 N–H and O–H groups in total. The summed E-state index contributed by atoms with van der Waals surface area (Å²) >= 11 is 0. The molecule has 0 spiro atoms. The van der Waals surface area contributed by atoms with Crippen LogP contribution in [0.1, 0.15) is 38.3 Å². The number of nitrogens with zero attached hydrogens (tertiary/aromatic N) is 1. The van der Waals surface area contributed by atoms with Gasteiger partial charge in [0.1, 0.15) is 0 Å². The molecule has 1 fully saturated rings. The number of hydrogen-bond acceptors (Lipinski definition) is 4. The number of aliphatic hydroxyl groups is 1. The number of pyridine rings is 1. The Labute approximate surface area is 121 Å². The smallest absolute Gasteiger partial charge is 0.0501 e. The Balaban J connectivity index is 2.02. The molecule has 2 rings (SSSR count). The summed E-state index contributed by atoms with van der Waals surface area (Å²) in [5.41, 5.74) is 1.18. The Hall–Kier alpha value is -0.970. The average molecular weight is 278 g/mol. The van der Waals surface area contributed by atoms with Crippen molar-refractivity contribution in [2.75, 3.05) is 26.4 Å². The van der Waals surface area contributed by atoms with E-state index in [-0.39, 0.29) is 18.1 Å². The van der Waals surface area contributed by atoms with E-state index in [1.807, 2.05) is 12.3 Å². The van der Waals surface area contributed by atoms with Gasteiger partial charge in [0.25, 0.3) is 0 Å². The molecule has 0 bridgehead atoms. The van der Waals surface area contributed by atoms with Crippen LogP contribution < -0.4 is 5.32 Å². The van der Waals surface area contributed by atoms with E-state index in [0.29, 0.717) is 5.92 Å². The molecule has 1 aliphatic rings. The van der Waals surface area contributed by atoms with Crippen molar-refractivity contribution >= 4 is 0 Å². The predicted molar refractivity (Wildman–Crippen MR) is 79.4 cm³/mol. The minimum absolute atomic E-state index is 0.0341. The first-order valence-corrected chi connectivity index (χ1v) is 7.49. The van der Waals surface area contributed by atoms with E-state index in [4.69, 9.17) is 4.74 Å². The molecule has 2 heterocycles. The van der Waals surface area contributed by atoms with Crippen molar-refractivity contribution in [2.45, 2.75) is 32.7 Å². The zero-order valence-corrected chi connectivity index (χ0v) is 12.5. The van der Waals surface area contributed by atoms with Crippen LogP contribution in [0.15, 0.2) is 24.5 Å². The van der Waals surface area contributed by atoms with Crippen molar-refractivity contribution < 1.29 is 9.84 Å². The summed E-state index contributed by atoms with van der Waals surface area (Å²) in [6, 6.07) is 4.36. The van der Waals surface area contributed by atoms with Crippen molar-refractivity contribution in [1.29, 1.82) is 0 Å². The molecule has 1 saturated heterocycles. The SMILES string of the molecule is CC(C)C(NCC1(CO)CCOCC1)c1cccnc1. The van der Waals surface area contributed by atoms with Gasteiger partial charge in [0.2, 0.25) is 0 Å². The molecule has 4 heteroatoms. The van der Waals surface area contributed by atoms with Gasteiger partial charge in [-0.25, -0.2) is 0 Å². The van der Waals surface area contributed by atoms with Crippen LogP contribution in [-0.4, -0.2) is 36.5 Å². The van der Waals surface area contributed by atoms with E-state index in [1.54, 1.807) is 6.20 Å². The lowest BCUT2D eigenvalue weighted by Crippen LogP contribution is -2.43. The summed E-state index contributed by atoms with van der Waals surface area (Å²) in [6.07, 6.45) is 5.57. The van der Waals surface area contributed by atoms with Crippen molar-refractivity contribution in [1.82, 2.24) is 10.3 Å². The monoisotopic (exact) mass is 278 g/mol. The number of aromatic nitrogens is 1. The van der Waals surface area contributed by atoms with Crippen molar-refractivity contribution in [3.63, 3.8) is 0 Å². The lowest BCUT2D eigenvalue weighted by Gasteiger charge is -2.37. The molecule has 1 aromatic heterocycles. The number of ether oxygens (including phenoxy) is 1. The third-order valence-corrected chi connectivity index (χ3v) is 4.30. The van der Waals surface area contributed by atoms with Crippen molar-refractivity contribution in [3.05, 3.63) is 30.1 Å². The fourth-order valence-electron chi connectivity index (χ4n) is 2.82. The normalized spacial score (nSPS) is 20.0. The van der Waals surface area contributed by atoms with Gasteiger partial charge in [0, 0.05) is 43.6 Å². The molecule has 1 atom stereocenters. The van der Waals surface area contributed by atoms with Gasteiger partial charge >= 0.3 is 0 Å². The molecule has 1 unspecified atom stereocenters. The molecule has 1 aromatic rings. The molecular weight excluding hydrogens is 252 g/mol. The summed E-state index contributed by atoms with van der Waals surface area (Å²) in [7, 11) is 0. The predicted octanol–water partition coefficient (Wildman–Crippen LogP) is 2.16. The third-order valence-electron chi connectivity index (χ3n) is 4.30. The van der Waals surface area contributed by atoms with Crippen LogP contribution in [-0.2, 0) is 4.74 Å². The summed E-state index contributed by atoms with van der Waals surface area (Å²) in [4.78, 5) is 4.21. The van der Waals surface area contributed by atoms with Crippen LogP contribution in [0.5, 0.6) is 0 Å². The van der Waals surface area contributed by atoms with E-state index in [0.717, 1.165) is 32.6 Å². The largest absolute Gasteiger partial charge is 0.396 e. The van der Waals surface area contributed by atoms with E-state index in [1.165, 1.54) is 5.56 Å². The molecule has 1 aliphatic heterocycles. The Morgan fingerprint density at radius 2 is 2.15 bits per heavy atom. The Morgan fingerprint density at radius 1 is 1.40 bits per heavy atom. The van der Waals surface area contributed by atoms with Gasteiger partial charge in [-0.05, 0) is 30.4 Å². The maximum absolute atomic E-state index is 9.76. The molecule has 0 radical (unpaired) electrons. The number of hydrogen-bond donors (Lipinski definition) is 2. The van der Waals surface area contributed by atoms with Crippen LogP contribution in [0, 0.1) is 11.3 Å². The minimum Gasteiger partial charge on any atom is -0.396 e. The van der Waals surface area contributed by atoms with Gasteiger partial charge in [-0.15, -0.1) is 0 Å². The van der Waals surface area contributed by atoms with E-state index in [9.17, 15) is 5.11 Å². The fraction of sp³-hybridized carbons (Fsp3) is 0.688.